The van der Waals surface area contributed by atoms with Crippen molar-refractivity contribution >= 4 is 15.6 Å². The molecule has 3 nitrogen and oxygen atoms in total. The molecule has 0 amide bonds. The Bertz CT molecular complexity index is 929. The molecule has 2 aromatic carbocycles. The van der Waals surface area contributed by atoms with Gasteiger partial charge in [-0.2, -0.15) is 4.31 Å². The molecule has 0 N–H and O–H groups in total. The summed E-state index contributed by atoms with van der Waals surface area (Å²) in [7, 11) is -3.51. The number of nitrogens with zero attached hydrogens (tertiary/aromatic N) is 1. The zero-order chi connectivity index (χ0) is 19.7. The van der Waals surface area contributed by atoms with Crippen molar-refractivity contribution in [3.63, 3.8) is 0 Å². The predicted octanol–water partition coefficient (Wildman–Crippen LogP) is 4.99. The zero-order valence-corrected chi connectivity index (χ0v) is 16.9. The molecule has 1 aliphatic rings. The Kier molecular flexibility index (Phi) is 5.54. The van der Waals surface area contributed by atoms with Crippen LogP contribution >= 0.6 is 0 Å². The lowest BCUT2D eigenvalue weighted by atomic mass is 9.82. The van der Waals surface area contributed by atoms with Crippen LogP contribution in [0.25, 0.3) is 5.57 Å². The normalized spacial score (nSPS) is 16.2. The minimum absolute atomic E-state index is 0.0280. The molecule has 3 rings (SSSR count). The summed E-state index contributed by atoms with van der Waals surface area (Å²) in [5, 5.41) is 0. The average molecular weight is 388 g/mol. The monoisotopic (exact) mass is 387 g/mol. The Balaban J connectivity index is 1.77. The van der Waals surface area contributed by atoms with Gasteiger partial charge in [0.2, 0.25) is 10.0 Å². The van der Waals surface area contributed by atoms with E-state index in [1.165, 1.54) is 16.4 Å². The maximum Gasteiger partial charge on any atom is 0.243 e. The van der Waals surface area contributed by atoms with E-state index in [1.54, 1.807) is 24.3 Å². The summed E-state index contributed by atoms with van der Waals surface area (Å²) in [5.74, 6) is -0.269. The summed E-state index contributed by atoms with van der Waals surface area (Å²) < 4.78 is 40.5. The second-order valence-corrected chi connectivity index (χ2v) is 9.55. The highest BCUT2D eigenvalue weighted by Crippen LogP contribution is 2.29. The van der Waals surface area contributed by atoms with Crippen LogP contribution in [-0.4, -0.2) is 25.8 Å². The van der Waals surface area contributed by atoms with Crippen molar-refractivity contribution in [1.82, 2.24) is 4.31 Å². The van der Waals surface area contributed by atoms with Crippen molar-refractivity contribution < 1.29 is 12.8 Å². The molecule has 0 saturated carbocycles. The van der Waals surface area contributed by atoms with Crippen molar-refractivity contribution in [1.29, 1.82) is 0 Å². The number of sulfonamides is 1. The zero-order valence-electron chi connectivity index (χ0n) is 16.1. The van der Waals surface area contributed by atoms with Crippen molar-refractivity contribution in [3.8, 4) is 0 Å². The third kappa shape index (κ3) is 4.14. The highest BCUT2D eigenvalue weighted by molar-refractivity contribution is 7.89. The molecular weight excluding hydrogens is 361 g/mol. The first-order chi connectivity index (χ1) is 12.7. The molecule has 0 radical (unpaired) electrons. The smallest absolute Gasteiger partial charge is 0.207 e. The lowest BCUT2D eigenvalue weighted by Gasteiger charge is -2.27. The molecule has 0 spiro atoms. The molecule has 0 bridgehead atoms. The molecule has 0 unspecified atom stereocenters. The van der Waals surface area contributed by atoms with Crippen LogP contribution in [-0.2, 0) is 15.4 Å². The molecule has 1 aliphatic heterocycles. The molecule has 0 aliphatic carbocycles. The average Bonchev–Trinajstić information content (AvgIpc) is 2.69. The summed E-state index contributed by atoms with van der Waals surface area (Å²) in [5.41, 5.74) is 3.17. The second-order valence-electron chi connectivity index (χ2n) is 7.61. The van der Waals surface area contributed by atoms with E-state index in [4.69, 9.17) is 0 Å². The van der Waals surface area contributed by atoms with Gasteiger partial charge >= 0.3 is 0 Å². The molecular formula is C22H26FNO2S. The molecule has 0 saturated heterocycles. The molecule has 2 aromatic rings. The van der Waals surface area contributed by atoms with E-state index in [1.807, 2.05) is 18.2 Å². The van der Waals surface area contributed by atoms with Gasteiger partial charge in [0.1, 0.15) is 5.82 Å². The molecule has 0 aromatic heterocycles. The van der Waals surface area contributed by atoms with Crippen LogP contribution in [0.3, 0.4) is 0 Å². The van der Waals surface area contributed by atoms with Gasteiger partial charge in [-0.15, -0.1) is 0 Å². The summed E-state index contributed by atoms with van der Waals surface area (Å²) in [6.07, 6.45) is 3.52. The number of benzene rings is 2. The maximum absolute atomic E-state index is 13.1. The van der Waals surface area contributed by atoms with E-state index in [0.717, 1.165) is 23.1 Å². The van der Waals surface area contributed by atoms with Gasteiger partial charge in [-0.1, -0.05) is 51.1 Å². The summed E-state index contributed by atoms with van der Waals surface area (Å²) in [4.78, 5) is 0.330. The third-order valence-corrected chi connectivity index (χ3v) is 7.42. The molecule has 1 heterocycles. The first kappa shape index (κ1) is 19.8. The lowest BCUT2D eigenvalue weighted by Crippen LogP contribution is -2.34. The van der Waals surface area contributed by atoms with Gasteiger partial charge in [0, 0.05) is 13.1 Å². The fraction of sp³-hybridized carbons (Fsp3) is 0.364. The largest absolute Gasteiger partial charge is 0.243 e. The Labute approximate surface area is 161 Å². The topological polar surface area (TPSA) is 37.4 Å². The van der Waals surface area contributed by atoms with E-state index in [9.17, 15) is 12.8 Å². The van der Waals surface area contributed by atoms with E-state index < -0.39 is 10.0 Å². The van der Waals surface area contributed by atoms with Crippen molar-refractivity contribution in [2.75, 3.05) is 13.1 Å². The van der Waals surface area contributed by atoms with Gasteiger partial charge in [0.25, 0.3) is 0 Å². The summed E-state index contributed by atoms with van der Waals surface area (Å²) >= 11 is 0. The molecule has 27 heavy (non-hydrogen) atoms. The van der Waals surface area contributed by atoms with Gasteiger partial charge in [-0.05, 0) is 59.2 Å². The Morgan fingerprint density at radius 2 is 1.67 bits per heavy atom. The standard InChI is InChI=1S/C22H26FNO2S/c1-4-22(2,3)19-7-11-21(12-8-19)27(25,26)24-15-13-18(14-16-24)17-5-9-20(23)10-6-17/h5-13H,4,14-16H2,1-3H3. The van der Waals surface area contributed by atoms with Crippen LogP contribution < -0.4 is 0 Å². The Morgan fingerprint density at radius 3 is 2.19 bits per heavy atom. The van der Waals surface area contributed by atoms with E-state index in [0.29, 0.717) is 24.4 Å². The number of rotatable bonds is 5. The van der Waals surface area contributed by atoms with Crippen molar-refractivity contribution in [2.45, 2.75) is 43.9 Å². The van der Waals surface area contributed by atoms with Crippen LogP contribution in [0.15, 0.2) is 59.5 Å². The van der Waals surface area contributed by atoms with Gasteiger partial charge in [-0.3, -0.25) is 0 Å². The fourth-order valence-corrected chi connectivity index (χ4v) is 4.61. The minimum atomic E-state index is -3.51. The van der Waals surface area contributed by atoms with Gasteiger partial charge in [0.15, 0.2) is 0 Å². The van der Waals surface area contributed by atoms with Gasteiger partial charge in [-0.25, -0.2) is 12.8 Å². The molecule has 0 fully saturated rings. The third-order valence-electron chi connectivity index (χ3n) is 5.54. The molecule has 144 valence electrons. The van der Waals surface area contributed by atoms with Crippen LogP contribution in [0.5, 0.6) is 0 Å². The number of hydrogen-bond donors (Lipinski definition) is 0. The lowest BCUT2D eigenvalue weighted by molar-refractivity contribution is 0.441. The second kappa shape index (κ2) is 7.56. The molecule has 5 heteroatoms. The van der Waals surface area contributed by atoms with Crippen LogP contribution in [0.4, 0.5) is 4.39 Å². The highest BCUT2D eigenvalue weighted by Gasteiger charge is 2.27. The SMILES string of the molecule is CCC(C)(C)c1ccc(S(=O)(=O)N2CC=C(c3ccc(F)cc3)CC2)cc1. The maximum atomic E-state index is 13.1. The minimum Gasteiger partial charge on any atom is -0.207 e. The summed E-state index contributed by atoms with van der Waals surface area (Å²) in [6.45, 7) is 7.19. The first-order valence-electron chi connectivity index (χ1n) is 9.30. The number of hydrogen-bond acceptors (Lipinski definition) is 2. The fourth-order valence-electron chi connectivity index (χ4n) is 3.23. The van der Waals surface area contributed by atoms with Crippen LogP contribution in [0, 0.1) is 5.82 Å². The first-order valence-corrected chi connectivity index (χ1v) is 10.7. The van der Waals surface area contributed by atoms with E-state index >= 15 is 0 Å². The van der Waals surface area contributed by atoms with Gasteiger partial charge in [0.05, 0.1) is 4.90 Å². The van der Waals surface area contributed by atoms with Crippen molar-refractivity contribution in [2.24, 2.45) is 0 Å². The van der Waals surface area contributed by atoms with E-state index in [-0.39, 0.29) is 11.2 Å². The quantitative estimate of drug-likeness (QED) is 0.725. The Morgan fingerprint density at radius 1 is 1.04 bits per heavy atom. The Hall–Kier alpha value is -1.98. The summed E-state index contributed by atoms with van der Waals surface area (Å²) in [6, 6.07) is 13.6. The van der Waals surface area contributed by atoms with Crippen LogP contribution in [0.2, 0.25) is 0 Å². The van der Waals surface area contributed by atoms with Crippen molar-refractivity contribution in [3.05, 3.63) is 71.6 Å². The highest BCUT2D eigenvalue weighted by atomic mass is 32.2. The number of halogens is 1. The van der Waals surface area contributed by atoms with Crippen LogP contribution in [0.1, 0.15) is 44.7 Å². The van der Waals surface area contributed by atoms with Gasteiger partial charge < -0.3 is 0 Å². The molecule has 0 atom stereocenters. The predicted molar refractivity (Wildman–Crippen MR) is 108 cm³/mol. The van der Waals surface area contributed by atoms with E-state index in [2.05, 4.69) is 20.8 Å².